The maximum atomic E-state index is 2.63. The minimum Gasteiger partial charge on any atom is -0.334 e. The normalized spacial score (nSPS) is 21.7. The van der Waals surface area contributed by atoms with Crippen molar-refractivity contribution in [2.45, 2.75) is 32.2 Å². The van der Waals surface area contributed by atoms with Gasteiger partial charge in [0.25, 0.3) is 0 Å². The summed E-state index contributed by atoms with van der Waals surface area (Å²) in [6.45, 7) is 2.42. The van der Waals surface area contributed by atoms with Crippen LogP contribution in [0.15, 0.2) is 180 Å². The van der Waals surface area contributed by atoms with E-state index in [1.165, 1.54) is 83.1 Å². The van der Waals surface area contributed by atoms with Crippen molar-refractivity contribution in [2.75, 3.05) is 9.80 Å². The molecule has 1 aliphatic heterocycles. The van der Waals surface area contributed by atoms with E-state index in [1.807, 2.05) is 0 Å². The standard InChI is InChI=1S/C49H38N2/c1-31-12-9-22-44-46(31)42-30-38(26-27-43(42)51(44)36-17-3-2-4-18-36)50(37-25-24-32-13-5-6-14-33(32)29-37)45-23-11-21-41-40-20-10-16-35-28-34-15-7-8-19-39(34)49(47(35)40)48(41)45/h2-10,13-22,24-31,42-43H,11-12,23H2,1H3. The number of fused-ring (bicyclic) bond motifs is 8. The van der Waals surface area contributed by atoms with E-state index in [9.17, 15) is 0 Å². The highest BCUT2D eigenvalue weighted by Crippen LogP contribution is 2.55. The number of allylic oxidation sites excluding steroid dienone is 7. The molecular formula is C49H38N2. The van der Waals surface area contributed by atoms with Gasteiger partial charge < -0.3 is 9.80 Å². The van der Waals surface area contributed by atoms with E-state index in [2.05, 4.69) is 175 Å². The summed E-state index contributed by atoms with van der Waals surface area (Å²) in [5.41, 5.74) is 13.7. The van der Waals surface area contributed by atoms with Crippen LogP contribution in [0.4, 0.5) is 11.4 Å². The SMILES string of the molecule is CC1CC=CC2=C1C1C=C(N(C3=C4C(=CCC3)c3cccc5cc6ccccc6c4c35)c3ccc4ccccc4c3)C=CC1N2c1ccccc1. The fraction of sp³-hybridized carbons (Fsp3) is 0.143. The molecule has 0 spiro atoms. The summed E-state index contributed by atoms with van der Waals surface area (Å²) in [4.78, 5) is 5.22. The Labute approximate surface area is 299 Å². The summed E-state index contributed by atoms with van der Waals surface area (Å²) in [6.07, 6.45) is 17.9. The summed E-state index contributed by atoms with van der Waals surface area (Å²) in [6, 6.07) is 45.3. The molecule has 0 aromatic heterocycles. The quantitative estimate of drug-likeness (QED) is 0.175. The Morgan fingerprint density at radius 1 is 0.725 bits per heavy atom. The third kappa shape index (κ3) is 4.23. The van der Waals surface area contributed by atoms with Crippen molar-refractivity contribution in [3.05, 3.63) is 192 Å². The molecule has 4 aliphatic carbocycles. The zero-order valence-corrected chi connectivity index (χ0v) is 28.8. The second-order valence-corrected chi connectivity index (χ2v) is 14.8. The van der Waals surface area contributed by atoms with Gasteiger partial charge in [0.2, 0.25) is 0 Å². The number of rotatable bonds is 4. The molecule has 3 unspecified atom stereocenters. The van der Waals surface area contributed by atoms with Gasteiger partial charge in [-0.15, -0.1) is 0 Å². The lowest BCUT2D eigenvalue weighted by Crippen LogP contribution is -2.35. The van der Waals surface area contributed by atoms with Gasteiger partial charge in [-0.1, -0.05) is 122 Å². The molecule has 6 aromatic carbocycles. The van der Waals surface area contributed by atoms with Crippen molar-refractivity contribution in [1.82, 2.24) is 0 Å². The number of benzene rings is 6. The maximum Gasteiger partial charge on any atom is 0.0627 e. The number of hydrogen-bond acceptors (Lipinski definition) is 2. The molecule has 11 rings (SSSR count). The van der Waals surface area contributed by atoms with Crippen molar-refractivity contribution >= 4 is 54.8 Å². The average molecular weight is 655 g/mol. The molecular weight excluding hydrogens is 617 g/mol. The van der Waals surface area contributed by atoms with Gasteiger partial charge in [-0.05, 0) is 117 Å². The summed E-state index contributed by atoms with van der Waals surface area (Å²) in [5, 5.41) is 7.91. The molecule has 0 bridgehead atoms. The molecule has 0 saturated carbocycles. The Morgan fingerprint density at radius 2 is 1.53 bits per heavy atom. The van der Waals surface area contributed by atoms with Crippen LogP contribution in [0.5, 0.6) is 0 Å². The van der Waals surface area contributed by atoms with E-state index in [1.54, 1.807) is 5.57 Å². The lowest BCUT2D eigenvalue weighted by atomic mass is 9.80. The molecule has 0 amide bonds. The molecule has 0 fully saturated rings. The van der Waals surface area contributed by atoms with Gasteiger partial charge in [0.05, 0.1) is 6.04 Å². The van der Waals surface area contributed by atoms with Gasteiger partial charge in [-0.25, -0.2) is 0 Å². The predicted molar refractivity (Wildman–Crippen MR) is 215 cm³/mol. The van der Waals surface area contributed by atoms with Crippen LogP contribution >= 0.6 is 0 Å². The first-order chi connectivity index (χ1) is 25.2. The molecule has 5 aliphatic rings. The highest BCUT2D eigenvalue weighted by Gasteiger charge is 2.43. The Kier molecular flexibility index (Phi) is 6.28. The second kappa shape index (κ2) is 11.1. The minimum atomic E-state index is 0.248. The summed E-state index contributed by atoms with van der Waals surface area (Å²) < 4.78 is 0. The predicted octanol–water partition coefficient (Wildman–Crippen LogP) is 12.4. The zero-order valence-electron chi connectivity index (χ0n) is 28.8. The van der Waals surface area contributed by atoms with Gasteiger partial charge in [0.1, 0.15) is 0 Å². The van der Waals surface area contributed by atoms with Crippen LogP contribution in [-0.2, 0) is 0 Å². The summed E-state index contributed by atoms with van der Waals surface area (Å²) >= 11 is 0. The lowest BCUT2D eigenvalue weighted by molar-refractivity contribution is 0.577. The maximum absolute atomic E-state index is 2.63. The number of hydrogen-bond donors (Lipinski definition) is 0. The zero-order chi connectivity index (χ0) is 33.6. The van der Waals surface area contributed by atoms with Crippen LogP contribution in [0, 0.1) is 11.8 Å². The third-order valence-corrected chi connectivity index (χ3v) is 12.0. The van der Waals surface area contributed by atoms with Gasteiger partial charge in [0, 0.05) is 45.5 Å². The molecule has 51 heavy (non-hydrogen) atoms. The Morgan fingerprint density at radius 3 is 2.43 bits per heavy atom. The first-order valence-electron chi connectivity index (χ1n) is 18.6. The number of nitrogens with zero attached hydrogens (tertiary/aromatic N) is 2. The molecule has 2 nitrogen and oxygen atoms in total. The Bertz CT molecular complexity index is 2650. The molecule has 244 valence electrons. The molecule has 3 atom stereocenters. The average Bonchev–Trinajstić information content (AvgIpc) is 3.70. The fourth-order valence-corrected chi connectivity index (χ4v) is 9.83. The van der Waals surface area contributed by atoms with Crippen LogP contribution in [0.1, 0.15) is 37.3 Å². The minimum absolute atomic E-state index is 0.248. The van der Waals surface area contributed by atoms with Crippen LogP contribution in [-0.4, -0.2) is 6.04 Å². The van der Waals surface area contributed by atoms with Crippen molar-refractivity contribution in [3.8, 4) is 0 Å². The van der Waals surface area contributed by atoms with E-state index in [4.69, 9.17) is 0 Å². The fourth-order valence-electron chi connectivity index (χ4n) is 9.83. The van der Waals surface area contributed by atoms with Crippen LogP contribution in [0.25, 0.3) is 43.5 Å². The van der Waals surface area contributed by atoms with E-state index < -0.39 is 0 Å². The van der Waals surface area contributed by atoms with E-state index in [-0.39, 0.29) is 12.0 Å². The monoisotopic (exact) mass is 654 g/mol. The molecule has 0 N–H and O–H groups in total. The molecule has 0 saturated heterocycles. The van der Waals surface area contributed by atoms with Crippen LogP contribution < -0.4 is 9.80 Å². The summed E-state index contributed by atoms with van der Waals surface area (Å²) in [5.74, 6) is 0.779. The molecule has 2 heteroatoms. The number of para-hydroxylation sites is 1. The van der Waals surface area contributed by atoms with Gasteiger partial charge in [-0.2, -0.15) is 0 Å². The van der Waals surface area contributed by atoms with E-state index >= 15 is 0 Å². The van der Waals surface area contributed by atoms with E-state index in [0.29, 0.717) is 5.92 Å². The first kappa shape index (κ1) is 28.9. The Balaban J connectivity index is 1.16. The van der Waals surface area contributed by atoms with Gasteiger partial charge in [0.15, 0.2) is 0 Å². The third-order valence-electron chi connectivity index (χ3n) is 12.0. The number of anilines is 2. The molecule has 0 radical (unpaired) electrons. The van der Waals surface area contributed by atoms with Gasteiger partial charge in [-0.3, -0.25) is 0 Å². The topological polar surface area (TPSA) is 6.48 Å². The van der Waals surface area contributed by atoms with Gasteiger partial charge >= 0.3 is 0 Å². The highest BCUT2D eigenvalue weighted by molar-refractivity contribution is 6.29. The lowest BCUT2D eigenvalue weighted by Gasteiger charge is -2.37. The Hall–Kier alpha value is -5.86. The van der Waals surface area contributed by atoms with Crippen LogP contribution in [0.3, 0.4) is 0 Å². The summed E-state index contributed by atoms with van der Waals surface area (Å²) in [7, 11) is 0. The highest BCUT2D eigenvalue weighted by atomic mass is 15.2. The molecule has 1 heterocycles. The van der Waals surface area contributed by atoms with Crippen LogP contribution in [0.2, 0.25) is 0 Å². The largest absolute Gasteiger partial charge is 0.334 e. The van der Waals surface area contributed by atoms with E-state index in [0.717, 1.165) is 19.3 Å². The van der Waals surface area contributed by atoms with Crippen molar-refractivity contribution in [3.63, 3.8) is 0 Å². The first-order valence-corrected chi connectivity index (χ1v) is 18.6. The second-order valence-electron chi connectivity index (χ2n) is 14.8. The smallest absolute Gasteiger partial charge is 0.0627 e. The van der Waals surface area contributed by atoms with Crippen molar-refractivity contribution in [1.29, 1.82) is 0 Å². The molecule has 6 aromatic rings. The van der Waals surface area contributed by atoms with Crippen molar-refractivity contribution < 1.29 is 0 Å². The van der Waals surface area contributed by atoms with Crippen molar-refractivity contribution in [2.24, 2.45) is 11.8 Å².